The van der Waals surface area contributed by atoms with Crippen LogP contribution in [-0.4, -0.2) is 15.6 Å². The largest absolute Gasteiger partial charge is 0.336 e. The van der Waals surface area contributed by atoms with Crippen molar-refractivity contribution in [3.8, 4) is 0 Å². The second-order valence-electron chi connectivity index (χ2n) is 5.83. The molecule has 0 bridgehead atoms. The molecule has 0 aliphatic heterocycles. The number of carbonyl (C=O) groups excluding carboxylic acids is 1. The van der Waals surface area contributed by atoms with E-state index in [2.05, 4.69) is 15.6 Å². The van der Waals surface area contributed by atoms with Crippen molar-refractivity contribution >= 4 is 11.7 Å². The van der Waals surface area contributed by atoms with Crippen LogP contribution >= 0.6 is 0 Å². The Kier molecular flexibility index (Phi) is 3.83. The third kappa shape index (κ3) is 3.27. The molecule has 1 fully saturated rings. The number of nitrogens with zero attached hydrogens (tertiary/aromatic N) is 2. The van der Waals surface area contributed by atoms with E-state index in [4.69, 9.17) is 0 Å². The molecule has 1 aliphatic carbocycles. The van der Waals surface area contributed by atoms with Crippen molar-refractivity contribution in [2.75, 3.05) is 5.32 Å². The third-order valence-corrected chi connectivity index (χ3v) is 3.82. The lowest BCUT2D eigenvalue weighted by Crippen LogP contribution is -2.35. The number of urea groups is 1. The monoisotopic (exact) mass is 302 g/mol. The molecule has 1 heterocycles. The average Bonchev–Trinajstić information content (AvgIpc) is 3.17. The lowest BCUT2D eigenvalue weighted by Gasteiger charge is -2.18. The highest BCUT2D eigenvalue weighted by Crippen LogP contribution is 2.40. The molecule has 2 aromatic rings. The van der Waals surface area contributed by atoms with E-state index in [9.17, 15) is 9.18 Å². The van der Waals surface area contributed by atoms with Gasteiger partial charge in [-0.1, -0.05) is 0 Å². The average molecular weight is 302 g/mol. The lowest BCUT2D eigenvalue weighted by atomic mass is 10.1. The Labute approximate surface area is 128 Å². The number of nitrogens with one attached hydrogen (secondary N) is 2. The number of hydrogen-bond donors (Lipinski definition) is 2. The van der Waals surface area contributed by atoms with E-state index in [1.54, 1.807) is 19.2 Å². The summed E-state index contributed by atoms with van der Waals surface area (Å²) in [7, 11) is 1.91. The molecule has 5 nitrogen and oxygen atoms in total. The van der Waals surface area contributed by atoms with E-state index >= 15 is 0 Å². The van der Waals surface area contributed by atoms with E-state index in [-0.39, 0.29) is 17.9 Å². The summed E-state index contributed by atoms with van der Waals surface area (Å²) < 4.78 is 15.3. The maximum atomic E-state index is 13.4. The Morgan fingerprint density at radius 3 is 2.77 bits per heavy atom. The second-order valence-corrected chi connectivity index (χ2v) is 5.83. The van der Waals surface area contributed by atoms with Gasteiger partial charge in [0.2, 0.25) is 0 Å². The van der Waals surface area contributed by atoms with Crippen LogP contribution in [-0.2, 0) is 7.05 Å². The standard InChI is InChI=1S/C16H19FN4O/c1-10-7-12(17)9-13(8-10)19-16(22)20-14(11-3-4-11)15-18-5-6-21(15)2/h5-9,11,14H,3-4H2,1-2H3,(H2,19,20,22)/t14-/m0/s1. The molecule has 1 aliphatic rings. The van der Waals surface area contributed by atoms with Gasteiger partial charge >= 0.3 is 6.03 Å². The zero-order valence-electron chi connectivity index (χ0n) is 12.6. The van der Waals surface area contributed by atoms with Crippen molar-refractivity contribution in [3.05, 3.63) is 47.8 Å². The fourth-order valence-corrected chi connectivity index (χ4v) is 2.62. The lowest BCUT2D eigenvalue weighted by molar-refractivity contribution is 0.246. The molecule has 0 unspecified atom stereocenters. The molecule has 2 amide bonds. The van der Waals surface area contributed by atoms with Crippen LogP contribution in [0.25, 0.3) is 0 Å². The summed E-state index contributed by atoms with van der Waals surface area (Å²) in [5.74, 6) is 0.896. The third-order valence-electron chi connectivity index (χ3n) is 3.82. The fraction of sp³-hybridized carbons (Fsp3) is 0.375. The summed E-state index contributed by atoms with van der Waals surface area (Å²) in [5, 5.41) is 5.64. The maximum Gasteiger partial charge on any atom is 0.319 e. The minimum absolute atomic E-state index is 0.116. The van der Waals surface area contributed by atoms with Crippen LogP contribution in [0.15, 0.2) is 30.6 Å². The van der Waals surface area contributed by atoms with Gasteiger partial charge in [0.05, 0.1) is 6.04 Å². The molecule has 1 atom stereocenters. The minimum Gasteiger partial charge on any atom is -0.336 e. The summed E-state index contributed by atoms with van der Waals surface area (Å²) in [5.41, 5.74) is 1.21. The summed E-state index contributed by atoms with van der Waals surface area (Å²) in [4.78, 5) is 16.5. The second kappa shape index (κ2) is 5.79. The van der Waals surface area contributed by atoms with E-state index in [0.717, 1.165) is 24.2 Å². The predicted octanol–water partition coefficient (Wildman–Crippen LogP) is 3.14. The van der Waals surface area contributed by atoms with Crippen molar-refractivity contribution in [3.63, 3.8) is 0 Å². The number of carbonyl (C=O) groups is 1. The van der Waals surface area contributed by atoms with Gasteiger partial charge < -0.3 is 15.2 Å². The molecule has 0 radical (unpaired) electrons. The van der Waals surface area contributed by atoms with Gasteiger partial charge in [0.25, 0.3) is 0 Å². The highest BCUT2D eigenvalue weighted by molar-refractivity contribution is 5.89. The number of aromatic nitrogens is 2. The molecular weight excluding hydrogens is 283 g/mol. The van der Waals surface area contributed by atoms with Gasteiger partial charge in [-0.2, -0.15) is 0 Å². The number of hydrogen-bond acceptors (Lipinski definition) is 2. The predicted molar refractivity (Wildman–Crippen MR) is 82.0 cm³/mol. The van der Waals surface area contributed by atoms with E-state index in [1.807, 2.05) is 17.8 Å². The van der Waals surface area contributed by atoms with Crippen LogP contribution in [0.4, 0.5) is 14.9 Å². The normalized spacial score (nSPS) is 15.4. The van der Waals surface area contributed by atoms with Crippen molar-refractivity contribution in [1.82, 2.24) is 14.9 Å². The zero-order valence-corrected chi connectivity index (χ0v) is 12.6. The highest BCUT2D eigenvalue weighted by atomic mass is 19.1. The van der Waals surface area contributed by atoms with Gasteiger partial charge in [-0.15, -0.1) is 0 Å². The fourth-order valence-electron chi connectivity index (χ4n) is 2.62. The maximum absolute atomic E-state index is 13.4. The van der Waals surface area contributed by atoms with Crippen LogP contribution in [0.2, 0.25) is 0 Å². The Morgan fingerprint density at radius 2 is 2.18 bits per heavy atom. The van der Waals surface area contributed by atoms with Gasteiger partial charge in [0, 0.05) is 25.1 Å². The van der Waals surface area contributed by atoms with Gasteiger partial charge in [-0.25, -0.2) is 14.2 Å². The first kappa shape index (κ1) is 14.6. The molecule has 0 spiro atoms. The molecule has 0 saturated heterocycles. The molecule has 2 N–H and O–H groups in total. The van der Waals surface area contributed by atoms with Crippen LogP contribution in [0.5, 0.6) is 0 Å². The molecular formula is C16H19FN4O. The summed E-state index contributed by atoms with van der Waals surface area (Å²) >= 11 is 0. The first-order chi connectivity index (χ1) is 10.5. The SMILES string of the molecule is Cc1cc(F)cc(NC(=O)N[C@H](c2nccn2C)C2CC2)c1. The molecule has 6 heteroatoms. The quantitative estimate of drug-likeness (QED) is 0.911. The summed E-state index contributed by atoms with van der Waals surface area (Å²) in [6.45, 7) is 1.78. The number of benzene rings is 1. The topological polar surface area (TPSA) is 59.0 Å². The van der Waals surface area contributed by atoms with Gasteiger partial charge in [-0.3, -0.25) is 0 Å². The van der Waals surface area contributed by atoms with Gasteiger partial charge in [0.1, 0.15) is 11.6 Å². The van der Waals surface area contributed by atoms with Crippen molar-refractivity contribution in [2.24, 2.45) is 13.0 Å². The van der Waals surface area contributed by atoms with Crippen LogP contribution < -0.4 is 10.6 Å². The number of halogens is 1. The van der Waals surface area contributed by atoms with Gasteiger partial charge in [-0.05, 0) is 49.4 Å². The number of amides is 2. The van der Waals surface area contributed by atoms with E-state index in [0.29, 0.717) is 11.6 Å². The Hall–Kier alpha value is -2.37. The zero-order chi connectivity index (χ0) is 15.7. The van der Waals surface area contributed by atoms with E-state index < -0.39 is 0 Å². The highest BCUT2D eigenvalue weighted by Gasteiger charge is 2.35. The molecule has 3 rings (SSSR count). The summed E-state index contributed by atoms with van der Waals surface area (Å²) in [6.07, 6.45) is 5.74. The number of anilines is 1. The minimum atomic E-state index is -0.363. The Morgan fingerprint density at radius 1 is 1.41 bits per heavy atom. The van der Waals surface area contributed by atoms with Crippen LogP contribution in [0.1, 0.15) is 30.3 Å². The van der Waals surface area contributed by atoms with Crippen LogP contribution in [0, 0.1) is 18.7 Å². The number of aryl methyl sites for hydroxylation is 2. The molecule has 1 aromatic carbocycles. The Bertz CT molecular complexity index is 673. The van der Waals surface area contributed by atoms with Gasteiger partial charge in [0.15, 0.2) is 0 Å². The van der Waals surface area contributed by atoms with E-state index in [1.165, 1.54) is 12.1 Å². The van der Waals surface area contributed by atoms with Crippen molar-refractivity contribution < 1.29 is 9.18 Å². The number of rotatable bonds is 4. The van der Waals surface area contributed by atoms with Crippen molar-refractivity contribution in [1.29, 1.82) is 0 Å². The molecule has 1 aromatic heterocycles. The molecule has 22 heavy (non-hydrogen) atoms. The van der Waals surface area contributed by atoms with Crippen molar-refractivity contribution in [2.45, 2.75) is 25.8 Å². The molecule has 116 valence electrons. The number of imidazole rings is 1. The first-order valence-electron chi connectivity index (χ1n) is 7.35. The smallest absolute Gasteiger partial charge is 0.319 e. The Balaban J connectivity index is 1.70. The van der Waals surface area contributed by atoms with Crippen LogP contribution in [0.3, 0.4) is 0 Å². The first-order valence-corrected chi connectivity index (χ1v) is 7.35. The molecule has 1 saturated carbocycles. The summed E-state index contributed by atoms with van der Waals surface area (Å²) in [6, 6.07) is 4.00.